The summed E-state index contributed by atoms with van der Waals surface area (Å²) in [6.07, 6.45) is 1.17. The highest BCUT2D eigenvalue weighted by atomic mass is 32.2. The van der Waals surface area contributed by atoms with Gasteiger partial charge in [-0.05, 0) is 32.9 Å². The average Bonchev–Trinajstić information content (AvgIpc) is 2.31. The summed E-state index contributed by atoms with van der Waals surface area (Å²) in [7, 11) is 0. The van der Waals surface area contributed by atoms with E-state index >= 15 is 0 Å². The Balaban J connectivity index is 1.84. The predicted octanol–water partition coefficient (Wildman–Crippen LogP) is 2.49. The van der Waals surface area contributed by atoms with Crippen LogP contribution in [0.3, 0.4) is 0 Å². The zero-order valence-corrected chi connectivity index (χ0v) is 13.0. The zero-order valence-electron chi connectivity index (χ0n) is 12.2. The summed E-state index contributed by atoms with van der Waals surface area (Å²) in [6, 6.07) is 3.00. The second-order valence-electron chi connectivity index (χ2n) is 5.81. The van der Waals surface area contributed by atoms with Crippen molar-refractivity contribution in [2.45, 2.75) is 36.6 Å². The van der Waals surface area contributed by atoms with Crippen LogP contribution in [0.1, 0.15) is 31.1 Å². The molecule has 0 saturated carbocycles. The van der Waals surface area contributed by atoms with Crippen molar-refractivity contribution < 1.29 is 19.4 Å². The highest BCUT2D eigenvalue weighted by Crippen LogP contribution is 2.29. The van der Waals surface area contributed by atoms with E-state index in [1.165, 1.54) is 24.0 Å². The van der Waals surface area contributed by atoms with Gasteiger partial charge in [0.1, 0.15) is 5.60 Å². The maximum atomic E-state index is 11.8. The molecule has 2 heterocycles. The standard InChI is InChI=1S/C14H18N2O4S/c1-14(2,3)20-13(19)16-7-10(8-16)21-11-6-9(12(17)18)4-5-15-11/h4-6,10H,7-8H2,1-3H3,(H,17,18). The number of aromatic nitrogens is 1. The second-order valence-corrected chi connectivity index (χ2v) is 7.13. The van der Waals surface area contributed by atoms with Gasteiger partial charge in [-0.15, -0.1) is 0 Å². The Kier molecular flexibility index (Phi) is 4.41. The molecular weight excluding hydrogens is 292 g/mol. The number of carboxylic acid groups (broad SMARTS) is 1. The van der Waals surface area contributed by atoms with Crippen molar-refractivity contribution in [2.75, 3.05) is 13.1 Å². The molecule has 1 fully saturated rings. The van der Waals surface area contributed by atoms with Crippen LogP contribution in [0, 0.1) is 0 Å². The van der Waals surface area contributed by atoms with Crippen molar-refractivity contribution in [1.29, 1.82) is 0 Å². The summed E-state index contributed by atoms with van der Waals surface area (Å²) in [4.78, 5) is 28.4. The first-order valence-corrected chi connectivity index (χ1v) is 7.46. The van der Waals surface area contributed by atoms with E-state index in [4.69, 9.17) is 9.84 Å². The van der Waals surface area contributed by atoms with E-state index in [2.05, 4.69) is 4.98 Å². The molecule has 0 atom stereocenters. The fourth-order valence-corrected chi connectivity index (χ4v) is 2.93. The van der Waals surface area contributed by atoms with Gasteiger partial charge in [0.05, 0.1) is 10.6 Å². The van der Waals surface area contributed by atoms with E-state index < -0.39 is 11.6 Å². The fraction of sp³-hybridized carbons (Fsp3) is 0.500. The molecule has 0 spiro atoms. The lowest BCUT2D eigenvalue weighted by atomic mass is 10.2. The lowest BCUT2D eigenvalue weighted by Crippen LogP contribution is -2.53. The SMILES string of the molecule is CC(C)(C)OC(=O)N1CC(Sc2cc(C(=O)O)ccn2)C1. The Morgan fingerprint density at radius 2 is 2.10 bits per heavy atom. The molecule has 0 unspecified atom stereocenters. The molecule has 1 aromatic rings. The first-order chi connectivity index (χ1) is 9.74. The lowest BCUT2D eigenvalue weighted by molar-refractivity contribution is 0.0143. The maximum absolute atomic E-state index is 11.8. The van der Waals surface area contributed by atoms with Crippen LogP contribution in [0.2, 0.25) is 0 Å². The number of hydrogen-bond acceptors (Lipinski definition) is 5. The van der Waals surface area contributed by atoms with Crippen molar-refractivity contribution in [3.05, 3.63) is 23.9 Å². The van der Waals surface area contributed by atoms with Crippen molar-refractivity contribution in [3.63, 3.8) is 0 Å². The van der Waals surface area contributed by atoms with Crippen LogP contribution in [0.5, 0.6) is 0 Å². The van der Waals surface area contributed by atoms with Gasteiger partial charge in [0.15, 0.2) is 0 Å². The third kappa shape index (κ3) is 4.35. The van der Waals surface area contributed by atoms with Gasteiger partial charge in [0.2, 0.25) is 0 Å². The number of pyridine rings is 1. The number of carbonyl (C=O) groups excluding carboxylic acids is 1. The number of rotatable bonds is 3. The summed E-state index contributed by atoms with van der Waals surface area (Å²) in [6.45, 7) is 6.66. The summed E-state index contributed by atoms with van der Waals surface area (Å²) in [5.41, 5.74) is -0.275. The summed E-state index contributed by atoms with van der Waals surface area (Å²) in [5, 5.41) is 9.80. The summed E-state index contributed by atoms with van der Waals surface area (Å²) < 4.78 is 5.28. The molecular formula is C14H18N2O4S. The zero-order chi connectivity index (χ0) is 15.6. The Hall–Kier alpha value is -1.76. The number of likely N-dealkylation sites (tertiary alicyclic amines) is 1. The van der Waals surface area contributed by atoms with Gasteiger partial charge < -0.3 is 14.7 Å². The Morgan fingerprint density at radius 1 is 1.43 bits per heavy atom. The number of carboxylic acids is 1. The minimum Gasteiger partial charge on any atom is -0.478 e. The molecule has 0 bridgehead atoms. The number of nitrogens with zero attached hydrogens (tertiary/aromatic N) is 2. The molecule has 1 aliphatic rings. The van der Waals surface area contributed by atoms with Crippen LogP contribution >= 0.6 is 11.8 Å². The molecule has 0 aromatic carbocycles. The van der Waals surface area contributed by atoms with Crippen LogP contribution in [0.4, 0.5) is 4.79 Å². The minimum atomic E-state index is -0.969. The number of aromatic carboxylic acids is 1. The smallest absolute Gasteiger partial charge is 0.410 e. The number of hydrogen-bond donors (Lipinski definition) is 1. The number of carbonyl (C=O) groups is 2. The van der Waals surface area contributed by atoms with E-state index in [0.29, 0.717) is 18.1 Å². The minimum absolute atomic E-state index is 0.217. The molecule has 0 aliphatic carbocycles. The Bertz CT molecular complexity index is 550. The van der Waals surface area contributed by atoms with E-state index in [1.807, 2.05) is 20.8 Å². The number of ether oxygens (including phenoxy) is 1. The van der Waals surface area contributed by atoms with Gasteiger partial charge in [-0.25, -0.2) is 14.6 Å². The Labute approximate surface area is 127 Å². The monoisotopic (exact) mass is 310 g/mol. The Morgan fingerprint density at radius 3 is 2.67 bits per heavy atom. The van der Waals surface area contributed by atoms with E-state index in [9.17, 15) is 9.59 Å². The van der Waals surface area contributed by atoms with Crippen LogP contribution in [0.25, 0.3) is 0 Å². The topological polar surface area (TPSA) is 79.7 Å². The molecule has 1 saturated heterocycles. The van der Waals surface area contributed by atoms with Crippen LogP contribution < -0.4 is 0 Å². The van der Waals surface area contributed by atoms with Gasteiger partial charge in [-0.3, -0.25) is 0 Å². The van der Waals surface area contributed by atoms with Gasteiger partial charge in [-0.2, -0.15) is 0 Å². The van der Waals surface area contributed by atoms with Crippen LogP contribution in [-0.2, 0) is 4.74 Å². The second kappa shape index (κ2) is 5.93. The molecule has 2 rings (SSSR count). The first kappa shape index (κ1) is 15.6. The number of amides is 1. The number of thioether (sulfide) groups is 1. The molecule has 1 amide bonds. The molecule has 1 N–H and O–H groups in total. The predicted molar refractivity (Wildman–Crippen MR) is 78.6 cm³/mol. The van der Waals surface area contributed by atoms with Crippen molar-refractivity contribution in [3.8, 4) is 0 Å². The summed E-state index contributed by atoms with van der Waals surface area (Å²) >= 11 is 1.48. The van der Waals surface area contributed by atoms with E-state index in [-0.39, 0.29) is 16.9 Å². The molecule has 1 aliphatic heterocycles. The third-order valence-corrected chi connectivity index (χ3v) is 3.87. The quantitative estimate of drug-likeness (QED) is 0.924. The average molecular weight is 310 g/mol. The van der Waals surface area contributed by atoms with Crippen LogP contribution in [-0.4, -0.2) is 51.0 Å². The van der Waals surface area contributed by atoms with E-state index in [0.717, 1.165) is 0 Å². The molecule has 114 valence electrons. The highest BCUT2D eigenvalue weighted by Gasteiger charge is 2.34. The molecule has 6 nitrogen and oxygen atoms in total. The maximum Gasteiger partial charge on any atom is 0.410 e. The normalized spacial score (nSPS) is 15.5. The lowest BCUT2D eigenvalue weighted by Gasteiger charge is -2.39. The first-order valence-electron chi connectivity index (χ1n) is 6.58. The fourth-order valence-electron chi connectivity index (χ4n) is 1.77. The molecule has 21 heavy (non-hydrogen) atoms. The molecule has 7 heteroatoms. The summed E-state index contributed by atoms with van der Waals surface area (Å²) in [5.74, 6) is -0.969. The molecule has 1 aromatic heterocycles. The van der Waals surface area contributed by atoms with Crippen LogP contribution in [0.15, 0.2) is 23.4 Å². The highest BCUT2D eigenvalue weighted by molar-refractivity contribution is 8.00. The van der Waals surface area contributed by atoms with Gasteiger partial charge in [-0.1, -0.05) is 11.8 Å². The van der Waals surface area contributed by atoms with Crippen molar-refractivity contribution in [2.24, 2.45) is 0 Å². The van der Waals surface area contributed by atoms with Gasteiger partial charge in [0, 0.05) is 24.5 Å². The van der Waals surface area contributed by atoms with Gasteiger partial charge >= 0.3 is 12.1 Å². The molecule has 0 radical (unpaired) electrons. The third-order valence-electron chi connectivity index (χ3n) is 2.77. The largest absolute Gasteiger partial charge is 0.478 e. The van der Waals surface area contributed by atoms with Crippen molar-refractivity contribution >= 4 is 23.8 Å². The van der Waals surface area contributed by atoms with Gasteiger partial charge in [0.25, 0.3) is 0 Å². The van der Waals surface area contributed by atoms with E-state index in [1.54, 1.807) is 11.0 Å². The van der Waals surface area contributed by atoms with Crippen molar-refractivity contribution in [1.82, 2.24) is 9.88 Å².